The first kappa shape index (κ1) is 18.9. The number of hydrogen-bond acceptors (Lipinski definition) is 3. The van der Waals surface area contributed by atoms with E-state index in [1.807, 2.05) is 30.3 Å². The number of unbranched alkanes of at least 4 members (excludes halogenated alkanes) is 5. The third-order valence-electron chi connectivity index (χ3n) is 2.51. The number of rotatable bonds is 8. The van der Waals surface area contributed by atoms with Crippen LogP contribution < -0.4 is 4.74 Å². The molecule has 0 aliphatic rings. The van der Waals surface area contributed by atoms with E-state index in [9.17, 15) is 0 Å². The Morgan fingerprint density at radius 3 is 2.00 bits per heavy atom. The molecule has 0 bridgehead atoms. The van der Waals surface area contributed by atoms with E-state index >= 15 is 0 Å². The first-order chi connectivity index (χ1) is 9.43. The monoisotopic (exact) mass is 304 g/mol. The van der Waals surface area contributed by atoms with Gasteiger partial charge in [-0.25, -0.2) is 0 Å². The third-order valence-corrected chi connectivity index (χ3v) is 2.51. The number of benzene rings is 1. The van der Waals surface area contributed by atoms with Gasteiger partial charge in [0.25, 0.3) is 0 Å². The molecule has 0 unspecified atom stereocenters. The lowest BCUT2D eigenvalue weighted by molar-refractivity contribution is 0.304. The highest BCUT2D eigenvalue weighted by Gasteiger charge is 1.92. The van der Waals surface area contributed by atoms with Gasteiger partial charge in [-0.3, -0.25) is 9.11 Å². The first-order valence-electron chi connectivity index (χ1n) is 6.81. The molecule has 5 nitrogen and oxygen atoms in total. The Balaban J connectivity index is 0.000000621. The van der Waals surface area contributed by atoms with E-state index in [0.717, 1.165) is 12.4 Å². The molecule has 0 saturated heterocycles. The van der Waals surface area contributed by atoms with Crippen molar-refractivity contribution >= 4 is 10.4 Å². The average Bonchev–Trinajstić information content (AvgIpc) is 2.37. The molecular formula is C14H24O5S. The molecule has 0 aromatic heterocycles. The molecule has 1 aromatic carbocycles. The van der Waals surface area contributed by atoms with Crippen molar-refractivity contribution in [2.45, 2.75) is 45.4 Å². The minimum absolute atomic E-state index is 0.857. The first-order valence-corrected chi connectivity index (χ1v) is 8.21. The zero-order valence-corrected chi connectivity index (χ0v) is 12.7. The number of ether oxygens (including phenoxy) is 1. The van der Waals surface area contributed by atoms with E-state index in [1.165, 1.54) is 38.5 Å². The summed E-state index contributed by atoms with van der Waals surface area (Å²) in [6, 6.07) is 10.1. The maximum absolute atomic E-state index is 8.74. The van der Waals surface area contributed by atoms with E-state index in [4.69, 9.17) is 22.3 Å². The molecule has 0 aliphatic heterocycles. The molecule has 1 rings (SSSR count). The summed E-state index contributed by atoms with van der Waals surface area (Å²) in [5.74, 6) is 0.992. The lowest BCUT2D eigenvalue weighted by Crippen LogP contribution is -1.96. The predicted octanol–water partition coefficient (Wildman–Crippen LogP) is 3.77. The van der Waals surface area contributed by atoms with Gasteiger partial charge in [-0.05, 0) is 18.6 Å². The molecular weight excluding hydrogens is 280 g/mol. The van der Waals surface area contributed by atoms with Crippen LogP contribution in [0, 0.1) is 0 Å². The standard InChI is InChI=1S/C14H22O.H2O4S/c1-2-3-4-5-6-10-13-15-14-11-8-7-9-12-14;1-5(2,3)4/h7-9,11-12H,2-6,10,13H2,1H3;(H2,1,2,3,4). The molecule has 0 spiro atoms. The van der Waals surface area contributed by atoms with Crippen molar-refractivity contribution in [1.82, 2.24) is 0 Å². The summed E-state index contributed by atoms with van der Waals surface area (Å²) in [6.07, 6.45) is 7.90. The van der Waals surface area contributed by atoms with Crippen molar-refractivity contribution in [2.75, 3.05) is 6.61 Å². The Kier molecular flexibility index (Phi) is 11.0. The number of hydrogen-bond donors (Lipinski definition) is 2. The second-order valence-corrected chi connectivity index (χ2v) is 5.27. The fraction of sp³-hybridized carbons (Fsp3) is 0.571. The molecule has 0 atom stereocenters. The van der Waals surface area contributed by atoms with Gasteiger partial charge in [-0.2, -0.15) is 8.42 Å². The van der Waals surface area contributed by atoms with Crippen LogP contribution in [0.4, 0.5) is 0 Å². The van der Waals surface area contributed by atoms with Crippen LogP contribution in [-0.2, 0) is 10.4 Å². The Bertz CT molecular complexity index is 408. The van der Waals surface area contributed by atoms with Gasteiger partial charge < -0.3 is 4.74 Å². The van der Waals surface area contributed by atoms with Crippen LogP contribution in [0.5, 0.6) is 5.75 Å². The second-order valence-electron chi connectivity index (χ2n) is 4.38. The van der Waals surface area contributed by atoms with Crippen LogP contribution in [0.15, 0.2) is 30.3 Å². The summed E-state index contributed by atoms with van der Waals surface area (Å²) in [4.78, 5) is 0. The van der Waals surface area contributed by atoms with E-state index in [-0.39, 0.29) is 0 Å². The summed E-state index contributed by atoms with van der Waals surface area (Å²) in [5.41, 5.74) is 0. The Labute approximate surface area is 121 Å². The molecule has 0 heterocycles. The third kappa shape index (κ3) is 16.9. The van der Waals surface area contributed by atoms with Gasteiger partial charge >= 0.3 is 10.4 Å². The topological polar surface area (TPSA) is 83.8 Å². The molecule has 6 heteroatoms. The van der Waals surface area contributed by atoms with Gasteiger partial charge in [0, 0.05) is 0 Å². The maximum Gasteiger partial charge on any atom is 0.394 e. The molecule has 1 aromatic rings. The molecule has 0 saturated carbocycles. The molecule has 0 amide bonds. The fourth-order valence-corrected chi connectivity index (χ4v) is 1.59. The summed E-state index contributed by atoms with van der Waals surface area (Å²) in [6.45, 7) is 3.11. The van der Waals surface area contributed by atoms with Gasteiger partial charge in [-0.15, -0.1) is 0 Å². The summed E-state index contributed by atoms with van der Waals surface area (Å²) in [7, 11) is -4.67. The fourth-order valence-electron chi connectivity index (χ4n) is 1.59. The van der Waals surface area contributed by atoms with Crippen molar-refractivity contribution in [3.05, 3.63) is 30.3 Å². The van der Waals surface area contributed by atoms with Crippen LogP contribution >= 0.6 is 0 Å². The van der Waals surface area contributed by atoms with Crippen molar-refractivity contribution in [2.24, 2.45) is 0 Å². The molecule has 20 heavy (non-hydrogen) atoms. The van der Waals surface area contributed by atoms with E-state index in [0.29, 0.717) is 0 Å². The smallest absolute Gasteiger partial charge is 0.394 e. The van der Waals surface area contributed by atoms with Gasteiger partial charge in [0.05, 0.1) is 6.61 Å². The van der Waals surface area contributed by atoms with E-state index in [2.05, 4.69) is 6.92 Å². The normalized spacial score (nSPS) is 10.6. The van der Waals surface area contributed by atoms with Crippen LogP contribution in [0.1, 0.15) is 45.4 Å². The van der Waals surface area contributed by atoms with Gasteiger partial charge in [0.15, 0.2) is 0 Å². The molecule has 0 radical (unpaired) electrons. The van der Waals surface area contributed by atoms with Crippen LogP contribution in [-0.4, -0.2) is 24.1 Å². The van der Waals surface area contributed by atoms with E-state index < -0.39 is 10.4 Å². The number of para-hydroxylation sites is 1. The molecule has 0 aliphatic carbocycles. The zero-order chi connectivity index (χ0) is 15.3. The highest BCUT2D eigenvalue weighted by atomic mass is 32.3. The van der Waals surface area contributed by atoms with E-state index in [1.54, 1.807) is 0 Å². The van der Waals surface area contributed by atoms with Crippen molar-refractivity contribution in [1.29, 1.82) is 0 Å². The van der Waals surface area contributed by atoms with Gasteiger partial charge in [0.2, 0.25) is 0 Å². The van der Waals surface area contributed by atoms with Gasteiger partial charge in [0.1, 0.15) is 5.75 Å². The zero-order valence-electron chi connectivity index (χ0n) is 11.9. The minimum atomic E-state index is -4.67. The molecule has 116 valence electrons. The molecule has 2 N–H and O–H groups in total. The highest BCUT2D eigenvalue weighted by molar-refractivity contribution is 7.79. The van der Waals surface area contributed by atoms with Crippen molar-refractivity contribution < 1.29 is 22.3 Å². The Morgan fingerprint density at radius 2 is 1.45 bits per heavy atom. The average molecular weight is 304 g/mol. The summed E-state index contributed by atoms with van der Waals surface area (Å²) < 4.78 is 37.2. The Morgan fingerprint density at radius 1 is 0.950 bits per heavy atom. The lowest BCUT2D eigenvalue weighted by atomic mass is 10.1. The Hall–Kier alpha value is -1.11. The van der Waals surface area contributed by atoms with Crippen LogP contribution in [0.3, 0.4) is 0 Å². The van der Waals surface area contributed by atoms with Crippen LogP contribution in [0.2, 0.25) is 0 Å². The van der Waals surface area contributed by atoms with Crippen LogP contribution in [0.25, 0.3) is 0 Å². The predicted molar refractivity (Wildman–Crippen MR) is 79.5 cm³/mol. The quantitative estimate of drug-likeness (QED) is 0.564. The van der Waals surface area contributed by atoms with Gasteiger partial charge in [-0.1, -0.05) is 57.2 Å². The van der Waals surface area contributed by atoms with Crippen molar-refractivity contribution in [3.63, 3.8) is 0 Å². The SMILES string of the molecule is CCCCCCCCOc1ccccc1.O=S(=O)(O)O. The molecule has 0 fully saturated rings. The minimum Gasteiger partial charge on any atom is -0.494 e. The maximum atomic E-state index is 8.74. The summed E-state index contributed by atoms with van der Waals surface area (Å²) >= 11 is 0. The largest absolute Gasteiger partial charge is 0.494 e. The second kappa shape index (κ2) is 11.7. The summed E-state index contributed by atoms with van der Waals surface area (Å²) in [5, 5.41) is 0. The highest BCUT2D eigenvalue weighted by Crippen LogP contribution is 2.10. The lowest BCUT2D eigenvalue weighted by Gasteiger charge is -2.05. The van der Waals surface area contributed by atoms with Crippen molar-refractivity contribution in [3.8, 4) is 5.75 Å².